The minimum Gasteiger partial charge on any atom is -0.493 e. The van der Waals surface area contributed by atoms with Crippen LogP contribution in [0.4, 0.5) is 0 Å². The average molecular weight is 161 g/mol. The summed E-state index contributed by atoms with van der Waals surface area (Å²) in [5.74, 6) is 1.03. The van der Waals surface area contributed by atoms with E-state index in [2.05, 4.69) is 17.8 Å². The summed E-state index contributed by atoms with van der Waals surface area (Å²) < 4.78 is 5.39. The largest absolute Gasteiger partial charge is 0.493 e. The van der Waals surface area contributed by atoms with Crippen molar-refractivity contribution in [2.24, 2.45) is 4.99 Å². The van der Waals surface area contributed by atoms with Crippen molar-refractivity contribution in [2.75, 3.05) is 6.61 Å². The van der Waals surface area contributed by atoms with Gasteiger partial charge in [-0.05, 0) is 23.9 Å². The zero-order valence-electron chi connectivity index (χ0n) is 6.92. The second kappa shape index (κ2) is 2.97. The first kappa shape index (κ1) is 7.35. The van der Waals surface area contributed by atoms with Crippen molar-refractivity contribution in [3.05, 3.63) is 29.3 Å². The molecule has 0 aromatic heterocycles. The van der Waals surface area contributed by atoms with Gasteiger partial charge in [0.15, 0.2) is 0 Å². The zero-order valence-corrected chi connectivity index (χ0v) is 6.92. The van der Waals surface area contributed by atoms with Crippen LogP contribution < -0.4 is 4.74 Å². The molecule has 0 saturated carbocycles. The molecule has 0 aliphatic carbocycles. The average Bonchev–Trinajstić information content (AvgIpc) is 2.51. The van der Waals surface area contributed by atoms with Crippen LogP contribution in [-0.2, 0) is 13.0 Å². The third-order valence-corrected chi connectivity index (χ3v) is 2.05. The molecule has 0 unspecified atom stereocenters. The molecule has 62 valence electrons. The molecule has 0 radical (unpaired) electrons. The molecule has 0 spiro atoms. The fourth-order valence-electron chi connectivity index (χ4n) is 1.47. The molecule has 0 N–H and O–H groups in total. The van der Waals surface area contributed by atoms with Crippen LogP contribution in [-0.4, -0.2) is 13.3 Å². The Morgan fingerprint density at radius 1 is 1.50 bits per heavy atom. The second-order valence-electron chi connectivity index (χ2n) is 2.92. The number of hydrogen-bond acceptors (Lipinski definition) is 2. The number of rotatable bonds is 2. The van der Waals surface area contributed by atoms with E-state index in [0.717, 1.165) is 18.8 Å². The van der Waals surface area contributed by atoms with Gasteiger partial charge >= 0.3 is 0 Å². The number of fused-ring (bicyclic) bond motifs is 1. The lowest BCUT2D eigenvalue weighted by molar-refractivity contribution is 0.357. The molecule has 0 bridgehead atoms. The lowest BCUT2D eigenvalue weighted by Gasteiger charge is -2.00. The van der Waals surface area contributed by atoms with Crippen molar-refractivity contribution in [3.63, 3.8) is 0 Å². The van der Waals surface area contributed by atoms with Gasteiger partial charge < -0.3 is 4.74 Å². The van der Waals surface area contributed by atoms with E-state index in [4.69, 9.17) is 4.74 Å². The Morgan fingerprint density at radius 3 is 3.25 bits per heavy atom. The van der Waals surface area contributed by atoms with Gasteiger partial charge in [-0.3, -0.25) is 4.99 Å². The fraction of sp³-hybridized carbons (Fsp3) is 0.300. The number of aliphatic imine (C=N–C) groups is 1. The molecule has 2 rings (SSSR count). The van der Waals surface area contributed by atoms with Crippen LogP contribution >= 0.6 is 0 Å². The van der Waals surface area contributed by atoms with Crippen LogP contribution in [0.25, 0.3) is 0 Å². The van der Waals surface area contributed by atoms with Crippen molar-refractivity contribution in [1.82, 2.24) is 0 Å². The first-order valence-corrected chi connectivity index (χ1v) is 4.07. The Hall–Kier alpha value is -1.31. The van der Waals surface area contributed by atoms with Crippen molar-refractivity contribution in [2.45, 2.75) is 13.0 Å². The maximum absolute atomic E-state index is 5.39. The summed E-state index contributed by atoms with van der Waals surface area (Å²) in [6.45, 7) is 4.99. The van der Waals surface area contributed by atoms with Gasteiger partial charge in [0.1, 0.15) is 5.75 Å². The summed E-state index contributed by atoms with van der Waals surface area (Å²) in [6.07, 6.45) is 1.03. The van der Waals surface area contributed by atoms with Gasteiger partial charge in [-0.25, -0.2) is 0 Å². The highest BCUT2D eigenvalue weighted by Crippen LogP contribution is 2.25. The highest BCUT2D eigenvalue weighted by Gasteiger charge is 2.11. The van der Waals surface area contributed by atoms with Gasteiger partial charge in [-0.15, -0.1) is 0 Å². The van der Waals surface area contributed by atoms with Crippen LogP contribution in [0, 0.1) is 0 Å². The van der Waals surface area contributed by atoms with Gasteiger partial charge in [0, 0.05) is 6.42 Å². The third-order valence-electron chi connectivity index (χ3n) is 2.05. The highest BCUT2D eigenvalue weighted by atomic mass is 16.5. The predicted molar refractivity (Wildman–Crippen MR) is 48.9 cm³/mol. The lowest BCUT2D eigenvalue weighted by atomic mass is 10.1. The minimum atomic E-state index is 0.702. The van der Waals surface area contributed by atoms with Crippen molar-refractivity contribution in [3.8, 4) is 5.75 Å². The summed E-state index contributed by atoms with van der Waals surface area (Å²) in [7, 11) is 0. The number of hydrogen-bond donors (Lipinski definition) is 0. The molecular weight excluding hydrogens is 150 g/mol. The van der Waals surface area contributed by atoms with Gasteiger partial charge in [0.05, 0.1) is 13.2 Å². The van der Waals surface area contributed by atoms with E-state index in [9.17, 15) is 0 Å². The summed E-state index contributed by atoms with van der Waals surface area (Å²) in [4.78, 5) is 3.84. The van der Waals surface area contributed by atoms with Crippen molar-refractivity contribution in [1.29, 1.82) is 0 Å². The third kappa shape index (κ3) is 1.20. The quantitative estimate of drug-likeness (QED) is 0.606. The van der Waals surface area contributed by atoms with E-state index in [0.29, 0.717) is 6.54 Å². The Kier molecular flexibility index (Phi) is 1.82. The van der Waals surface area contributed by atoms with Crippen LogP contribution in [0.1, 0.15) is 11.1 Å². The van der Waals surface area contributed by atoms with Crippen molar-refractivity contribution >= 4 is 6.72 Å². The first-order chi connectivity index (χ1) is 5.90. The van der Waals surface area contributed by atoms with Crippen molar-refractivity contribution < 1.29 is 4.74 Å². The summed E-state index contributed by atoms with van der Waals surface area (Å²) in [6, 6.07) is 6.21. The minimum absolute atomic E-state index is 0.702. The Bertz CT molecular complexity index is 307. The molecule has 1 aliphatic rings. The van der Waals surface area contributed by atoms with E-state index in [-0.39, 0.29) is 0 Å². The van der Waals surface area contributed by atoms with Gasteiger partial charge in [0.2, 0.25) is 0 Å². The molecule has 0 fully saturated rings. The monoisotopic (exact) mass is 161 g/mol. The van der Waals surface area contributed by atoms with E-state index >= 15 is 0 Å². The molecule has 1 heterocycles. The van der Waals surface area contributed by atoms with Crippen LogP contribution in [0.3, 0.4) is 0 Å². The van der Waals surface area contributed by atoms with E-state index < -0.39 is 0 Å². The van der Waals surface area contributed by atoms with Gasteiger partial charge in [-0.1, -0.05) is 12.1 Å². The molecule has 1 aromatic rings. The van der Waals surface area contributed by atoms with Crippen LogP contribution in [0.15, 0.2) is 23.2 Å². The maximum atomic E-state index is 5.39. The molecule has 1 aliphatic heterocycles. The van der Waals surface area contributed by atoms with Crippen LogP contribution in [0.5, 0.6) is 5.75 Å². The molecule has 0 saturated heterocycles. The second-order valence-corrected chi connectivity index (χ2v) is 2.92. The molecule has 2 nitrogen and oxygen atoms in total. The molecule has 12 heavy (non-hydrogen) atoms. The molecule has 2 heteroatoms. The standard InChI is InChI=1S/C10H11NO/c1-11-7-8-2-3-10-9(6-8)4-5-12-10/h2-3,6H,1,4-5,7H2. The molecular formula is C10H11NO. The fourth-order valence-corrected chi connectivity index (χ4v) is 1.47. The molecule has 0 amide bonds. The van der Waals surface area contributed by atoms with E-state index in [1.165, 1.54) is 11.1 Å². The topological polar surface area (TPSA) is 21.6 Å². The first-order valence-electron chi connectivity index (χ1n) is 4.07. The maximum Gasteiger partial charge on any atom is 0.122 e. The number of nitrogens with zero attached hydrogens (tertiary/aromatic N) is 1. The zero-order chi connectivity index (χ0) is 8.39. The van der Waals surface area contributed by atoms with Gasteiger partial charge in [0.25, 0.3) is 0 Å². The predicted octanol–water partition coefficient (Wildman–Crippen LogP) is 1.82. The summed E-state index contributed by atoms with van der Waals surface area (Å²) >= 11 is 0. The summed E-state index contributed by atoms with van der Waals surface area (Å²) in [5, 5.41) is 0. The summed E-state index contributed by atoms with van der Waals surface area (Å²) in [5.41, 5.74) is 2.52. The highest BCUT2D eigenvalue weighted by molar-refractivity contribution is 5.40. The Labute approximate surface area is 71.9 Å². The number of benzene rings is 1. The van der Waals surface area contributed by atoms with Crippen LogP contribution in [0.2, 0.25) is 0 Å². The van der Waals surface area contributed by atoms with E-state index in [1.54, 1.807) is 0 Å². The smallest absolute Gasteiger partial charge is 0.122 e. The molecule has 0 atom stereocenters. The SMILES string of the molecule is C=NCc1ccc2c(c1)CCO2. The number of ether oxygens (including phenoxy) is 1. The van der Waals surface area contributed by atoms with E-state index in [1.807, 2.05) is 12.1 Å². The van der Waals surface area contributed by atoms with Gasteiger partial charge in [-0.2, -0.15) is 0 Å². The Morgan fingerprint density at radius 2 is 2.42 bits per heavy atom. The lowest BCUT2D eigenvalue weighted by Crippen LogP contribution is -1.85. The normalized spacial score (nSPS) is 13.7. The Balaban J connectivity index is 2.32. The molecule has 1 aromatic carbocycles.